The molecule has 1 fully saturated rings. The molecule has 0 spiro atoms. The van der Waals surface area contributed by atoms with Crippen LogP contribution in [0.15, 0.2) is 17.0 Å². The van der Waals surface area contributed by atoms with Crippen LogP contribution >= 0.6 is 0 Å². The van der Waals surface area contributed by atoms with Gasteiger partial charge in [-0.1, -0.05) is 6.42 Å². The fourth-order valence-electron chi connectivity index (χ4n) is 2.33. The summed E-state index contributed by atoms with van der Waals surface area (Å²) < 4.78 is 65.4. The number of nitrogens with one attached hydrogen (secondary N) is 1. The summed E-state index contributed by atoms with van der Waals surface area (Å²) in [4.78, 5) is -1.20. The van der Waals surface area contributed by atoms with Crippen LogP contribution in [0, 0.1) is 23.4 Å². The molecular formula is C12H14F3NO3S. The molecule has 112 valence electrons. The Morgan fingerprint density at radius 1 is 1.20 bits per heavy atom. The Morgan fingerprint density at radius 2 is 1.80 bits per heavy atom. The fourth-order valence-corrected chi connectivity index (χ4v) is 3.54. The van der Waals surface area contributed by atoms with Crippen molar-refractivity contribution in [3.8, 4) is 0 Å². The first-order valence-corrected chi connectivity index (χ1v) is 7.62. The largest absolute Gasteiger partial charge is 0.393 e. The number of rotatable bonds is 4. The maximum absolute atomic E-state index is 13.4. The number of aliphatic hydroxyl groups excluding tert-OH is 1. The van der Waals surface area contributed by atoms with Crippen molar-refractivity contribution in [2.45, 2.75) is 30.3 Å². The standard InChI is InChI=1S/C12H14F3NO3S/c13-8-4-9(14)12(10(15)5-8)20(18,19)16-6-7-2-1-3-11(7)17/h4-5,7,11,16-17H,1-3,6H2/t7-,11+/m1/s1. The van der Waals surface area contributed by atoms with Gasteiger partial charge >= 0.3 is 0 Å². The first-order chi connectivity index (χ1) is 9.31. The zero-order valence-electron chi connectivity index (χ0n) is 10.4. The van der Waals surface area contributed by atoms with E-state index in [0.717, 1.165) is 6.42 Å². The van der Waals surface area contributed by atoms with E-state index >= 15 is 0 Å². The normalized spacial score (nSPS) is 23.2. The molecule has 0 radical (unpaired) electrons. The van der Waals surface area contributed by atoms with Crippen LogP contribution in [0.25, 0.3) is 0 Å². The van der Waals surface area contributed by atoms with Crippen molar-refractivity contribution in [3.05, 3.63) is 29.6 Å². The first-order valence-electron chi connectivity index (χ1n) is 6.13. The average molecular weight is 309 g/mol. The molecule has 2 N–H and O–H groups in total. The van der Waals surface area contributed by atoms with E-state index in [1.807, 2.05) is 0 Å². The van der Waals surface area contributed by atoms with Crippen LogP contribution in [0.5, 0.6) is 0 Å². The summed E-state index contributed by atoms with van der Waals surface area (Å²) in [5.41, 5.74) is 0. The predicted octanol–water partition coefficient (Wildman–Crippen LogP) is 1.54. The van der Waals surface area contributed by atoms with E-state index in [-0.39, 0.29) is 12.5 Å². The van der Waals surface area contributed by atoms with Gasteiger partial charge < -0.3 is 5.11 Å². The number of sulfonamides is 1. The Kier molecular flexibility index (Phi) is 4.36. The van der Waals surface area contributed by atoms with E-state index in [2.05, 4.69) is 4.72 Å². The predicted molar refractivity (Wildman–Crippen MR) is 64.9 cm³/mol. The highest BCUT2D eigenvalue weighted by molar-refractivity contribution is 7.89. The summed E-state index contributed by atoms with van der Waals surface area (Å²) in [6.45, 7) is -0.111. The molecule has 0 heterocycles. The zero-order chi connectivity index (χ0) is 14.9. The lowest BCUT2D eigenvalue weighted by atomic mass is 10.1. The Labute approximate surface area is 114 Å². The van der Waals surface area contributed by atoms with Gasteiger partial charge in [-0.15, -0.1) is 0 Å². The van der Waals surface area contributed by atoms with Gasteiger partial charge in [-0.25, -0.2) is 26.3 Å². The molecule has 1 aromatic rings. The van der Waals surface area contributed by atoms with Gasteiger partial charge in [-0.2, -0.15) is 0 Å². The van der Waals surface area contributed by atoms with Gasteiger partial charge in [0.15, 0.2) is 4.90 Å². The lowest BCUT2D eigenvalue weighted by molar-refractivity contribution is 0.134. The first kappa shape index (κ1) is 15.3. The molecule has 0 unspecified atom stereocenters. The van der Waals surface area contributed by atoms with E-state index in [4.69, 9.17) is 0 Å². The third-order valence-electron chi connectivity index (χ3n) is 3.39. The van der Waals surface area contributed by atoms with Crippen LogP contribution in [0.4, 0.5) is 13.2 Å². The summed E-state index contributed by atoms with van der Waals surface area (Å²) in [7, 11) is -4.43. The van der Waals surface area contributed by atoms with Crippen molar-refractivity contribution < 1.29 is 26.7 Å². The van der Waals surface area contributed by atoms with Crippen molar-refractivity contribution >= 4 is 10.0 Å². The van der Waals surface area contributed by atoms with E-state index < -0.39 is 38.5 Å². The van der Waals surface area contributed by atoms with Gasteiger partial charge in [-0.3, -0.25) is 0 Å². The second kappa shape index (κ2) is 5.71. The number of hydrogen-bond acceptors (Lipinski definition) is 3. The van der Waals surface area contributed by atoms with Gasteiger partial charge in [0, 0.05) is 18.7 Å². The second-order valence-electron chi connectivity index (χ2n) is 4.81. The molecule has 1 aliphatic carbocycles. The van der Waals surface area contributed by atoms with Gasteiger partial charge in [0.05, 0.1) is 6.10 Å². The smallest absolute Gasteiger partial charge is 0.246 e. The van der Waals surface area contributed by atoms with Crippen molar-refractivity contribution in [3.63, 3.8) is 0 Å². The molecular weight excluding hydrogens is 295 g/mol. The maximum atomic E-state index is 13.4. The Hall–Kier alpha value is -1.12. The van der Waals surface area contributed by atoms with E-state index in [1.165, 1.54) is 0 Å². The highest BCUT2D eigenvalue weighted by Crippen LogP contribution is 2.26. The molecule has 2 atom stereocenters. The molecule has 4 nitrogen and oxygen atoms in total. The molecule has 8 heteroatoms. The van der Waals surface area contributed by atoms with Crippen molar-refractivity contribution in [2.75, 3.05) is 6.54 Å². The summed E-state index contributed by atoms with van der Waals surface area (Å²) in [5.74, 6) is -4.44. The molecule has 2 rings (SSSR count). The summed E-state index contributed by atoms with van der Waals surface area (Å²) >= 11 is 0. The molecule has 1 saturated carbocycles. The third-order valence-corrected chi connectivity index (χ3v) is 4.86. The van der Waals surface area contributed by atoms with Gasteiger partial charge in [0.1, 0.15) is 17.5 Å². The number of aliphatic hydroxyl groups is 1. The minimum absolute atomic E-state index is 0.111. The van der Waals surface area contributed by atoms with E-state index in [0.29, 0.717) is 25.0 Å². The second-order valence-corrected chi connectivity index (χ2v) is 6.51. The van der Waals surface area contributed by atoms with Gasteiger partial charge in [-0.05, 0) is 18.8 Å². The van der Waals surface area contributed by atoms with Crippen LogP contribution in [0.2, 0.25) is 0 Å². The Bertz CT molecular complexity index is 583. The molecule has 1 aromatic carbocycles. The molecule has 0 aromatic heterocycles. The number of hydrogen-bond donors (Lipinski definition) is 2. The zero-order valence-corrected chi connectivity index (χ0v) is 11.3. The summed E-state index contributed by atoms with van der Waals surface area (Å²) in [6.07, 6.45) is 1.36. The average Bonchev–Trinajstić information content (AvgIpc) is 2.70. The fraction of sp³-hybridized carbons (Fsp3) is 0.500. The van der Waals surface area contributed by atoms with Gasteiger partial charge in [0.2, 0.25) is 10.0 Å². The quantitative estimate of drug-likeness (QED) is 0.887. The van der Waals surface area contributed by atoms with Crippen LogP contribution in [-0.4, -0.2) is 26.2 Å². The van der Waals surface area contributed by atoms with Crippen molar-refractivity contribution in [1.29, 1.82) is 0 Å². The van der Waals surface area contributed by atoms with Crippen LogP contribution in [-0.2, 0) is 10.0 Å². The molecule has 0 aliphatic heterocycles. The third kappa shape index (κ3) is 3.13. The molecule has 0 amide bonds. The lowest BCUT2D eigenvalue weighted by Gasteiger charge is -2.15. The van der Waals surface area contributed by atoms with Crippen molar-refractivity contribution in [1.82, 2.24) is 4.72 Å². The topological polar surface area (TPSA) is 66.4 Å². The monoisotopic (exact) mass is 309 g/mol. The van der Waals surface area contributed by atoms with Crippen LogP contribution < -0.4 is 4.72 Å². The molecule has 1 aliphatic rings. The van der Waals surface area contributed by atoms with Gasteiger partial charge in [0.25, 0.3) is 0 Å². The Balaban J connectivity index is 2.18. The maximum Gasteiger partial charge on any atom is 0.246 e. The van der Waals surface area contributed by atoms with E-state index in [1.54, 1.807) is 0 Å². The van der Waals surface area contributed by atoms with Crippen LogP contribution in [0.1, 0.15) is 19.3 Å². The number of halogens is 3. The highest BCUT2D eigenvalue weighted by Gasteiger charge is 2.29. The SMILES string of the molecule is O=S(=O)(NC[C@H]1CCC[C@@H]1O)c1c(F)cc(F)cc1F. The highest BCUT2D eigenvalue weighted by atomic mass is 32.2. The molecule has 0 saturated heterocycles. The minimum Gasteiger partial charge on any atom is -0.393 e. The molecule has 20 heavy (non-hydrogen) atoms. The summed E-state index contributed by atoms with van der Waals surface area (Å²) in [6, 6.07) is 0.615. The Morgan fingerprint density at radius 3 is 2.30 bits per heavy atom. The minimum atomic E-state index is -4.43. The lowest BCUT2D eigenvalue weighted by Crippen LogP contribution is -2.33. The molecule has 0 bridgehead atoms. The van der Waals surface area contributed by atoms with Crippen molar-refractivity contribution in [2.24, 2.45) is 5.92 Å². The van der Waals surface area contributed by atoms with E-state index in [9.17, 15) is 26.7 Å². The van der Waals surface area contributed by atoms with Crippen LogP contribution in [0.3, 0.4) is 0 Å². The summed E-state index contributed by atoms with van der Waals surface area (Å²) in [5, 5.41) is 9.57. The number of benzene rings is 1.